The molecule has 0 radical (unpaired) electrons. The van der Waals surface area contributed by atoms with Crippen LogP contribution in [0.5, 0.6) is 17.2 Å². The highest BCUT2D eigenvalue weighted by Gasteiger charge is 2.52. The number of aliphatic hydroxyl groups is 7. The summed E-state index contributed by atoms with van der Waals surface area (Å²) in [6.45, 7) is 13.6. The molecule has 6 aliphatic rings. The Morgan fingerprint density at radius 3 is 1.75 bits per heavy atom. The van der Waals surface area contributed by atoms with Crippen LogP contribution in [0.3, 0.4) is 0 Å². The summed E-state index contributed by atoms with van der Waals surface area (Å²) in [5.41, 5.74) is -1.46. The fourth-order valence-corrected chi connectivity index (χ4v) is 12.1. The van der Waals surface area contributed by atoms with Gasteiger partial charge in [-0.3, -0.25) is 14.4 Å². The smallest absolute Gasteiger partial charge is 0.303 e. The third-order valence-corrected chi connectivity index (χ3v) is 16.4. The Hall–Kier alpha value is -3.81. The molecule has 25 heteroatoms. The van der Waals surface area contributed by atoms with Crippen molar-refractivity contribution in [3.8, 4) is 17.2 Å². The lowest BCUT2D eigenvalue weighted by atomic mass is 9.75. The predicted octanol–water partition coefficient (Wildman–Crippen LogP) is 0.976. The van der Waals surface area contributed by atoms with Crippen molar-refractivity contribution in [2.45, 2.75) is 248 Å². The van der Waals surface area contributed by atoms with Crippen molar-refractivity contribution >= 4 is 28.3 Å². The minimum Gasteiger partial charge on any atom is -0.507 e. The maximum absolute atomic E-state index is 15.1. The van der Waals surface area contributed by atoms with Gasteiger partial charge in [-0.1, -0.05) is 0 Å². The Morgan fingerprint density at radius 1 is 0.713 bits per heavy atom. The number of benzene rings is 2. The molecule has 0 bridgehead atoms. The molecule has 25 nitrogen and oxygen atoms in total. The topological polar surface area (TPSA) is 353 Å². The van der Waals surface area contributed by atoms with Gasteiger partial charge in [0.25, 0.3) is 0 Å². The first kappa shape index (κ1) is 62.2. The second-order valence-corrected chi connectivity index (χ2v) is 22.5. The van der Waals surface area contributed by atoms with Crippen LogP contribution >= 0.6 is 0 Å². The molecule has 0 aromatic heterocycles. The molecule has 25 unspecified atom stereocenters. The van der Waals surface area contributed by atoms with E-state index < -0.39 is 182 Å². The SMILES string of the molecule is COC(C(=O)C(O)C(C)O)C1Cc2cc3cc(OC4CC(OC5CC(O)C(OC)C(C)O5)C(O)C(C)O4)c(C)c(O)c3c(O)c2C(=O)C1OC1CC(OC2CC(OC3CC(C)(O)C(OC(C)=O)C(C)O3)C(O)C(C)O2)C(O)C(C)O1. The van der Waals surface area contributed by atoms with Crippen LogP contribution in [0.2, 0.25) is 0 Å². The Morgan fingerprint density at radius 2 is 1.23 bits per heavy atom. The van der Waals surface area contributed by atoms with E-state index in [9.17, 15) is 55.5 Å². The minimum absolute atomic E-state index is 0.00805. The van der Waals surface area contributed by atoms with Crippen molar-refractivity contribution in [1.29, 1.82) is 0 Å². The fourth-order valence-electron chi connectivity index (χ4n) is 12.1. The number of phenolic OH excluding ortho intramolecular Hbond substituents is 2. The normalized spacial score (nSPS) is 40.9. The average Bonchev–Trinajstić information content (AvgIpc) is 3.37. The van der Waals surface area contributed by atoms with Crippen molar-refractivity contribution in [3.05, 3.63) is 28.8 Å². The number of methoxy groups -OCH3 is 2. The molecule has 5 aliphatic heterocycles. The molecule has 5 fully saturated rings. The number of fused-ring (bicyclic) bond motifs is 2. The van der Waals surface area contributed by atoms with E-state index in [4.69, 9.17) is 61.6 Å². The first-order valence-electron chi connectivity index (χ1n) is 27.3. The summed E-state index contributed by atoms with van der Waals surface area (Å²) in [6, 6.07) is 3.05. The van der Waals surface area contributed by atoms with E-state index in [2.05, 4.69) is 0 Å². The van der Waals surface area contributed by atoms with Gasteiger partial charge in [0, 0.05) is 64.7 Å². The number of aromatic hydroxyl groups is 2. The molecule has 1 aliphatic carbocycles. The average molecular weight is 1140 g/mol. The molecule has 0 amide bonds. The van der Waals surface area contributed by atoms with E-state index in [-0.39, 0.29) is 71.7 Å². The second-order valence-electron chi connectivity index (χ2n) is 22.5. The van der Waals surface area contributed by atoms with Gasteiger partial charge in [0.2, 0.25) is 6.29 Å². The van der Waals surface area contributed by atoms with E-state index in [1.54, 1.807) is 27.7 Å². The number of Topliss-reactive ketones (excluding diaryl/α,β-unsaturated/α-hetero) is 2. The zero-order valence-electron chi connectivity index (χ0n) is 46.8. The van der Waals surface area contributed by atoms with Gasteiger partial charge in [0.05, 0.1) is 72.0 Å². The number of aliphatic hydroxyl groups excluding tert-OH is 6. The van der Waals surface area contributed by atoms with Crippen LogP contribution in [0.15, 0.2) is 12.1 Å². The van der Waals surface area contributed by atoms with E-state index in [1.165, 1.54) is 61.0 Å². The summed E-state index contributed by atoms with van der Waals surface area (Å²) in [7, 11) is 2.66. The first-order valence-corrected chi connectivity index (χ1v) is 27.3. The van der Waals surface area contributed by atoms with Gasteiger partial charge >= 0.3 is 5.97 Å². The molecule has 0 saturated carbocycles. The number of hydrogen-bond acceptors (Lipinski definition) is 25. The van der Waals surface area contributed by atoms with Crippen molar-refractivity contribution in [1.82, 2.24) is 0 Å². The van der Waals surface area contributed by atoms with Gasteiger partial charge in [-0.15, -0.1) is 0 Å². The highest BCUT2D eigenvalue weighted by molar-refractivity contribution is 6.11. The Labute approximate surface area is 463 Å². The summed E-state index contributed by atoms with van der Waals surface area (Å²) < 4.78 is 78.0. The third kappa shape index (κ3) is 12.9. The van der Waals surface area contributed by atoms with Gasteiger partial charge in [0.15, 0.2) is 42.8 Å². The van der Waals surface area contributed by atoms with Crippen molar-refractivity contribution in [3.63, 3.8) is 0 Å². The summed E-state index contributed by atoms with van der Waals surface area (Å²) in [4.78, 5) is 40.8. The molecule has 80 heavy (non-hydrogen) atoms. The van der Waals surface area contributed by atoms with Crippen molar-refractivity contribution in [2.75, 3.05) is 14.2 Å². The van der Waals surface area contributed by atoms with Crippen molar-refractivity contribution < 1.29 is 122 Å². The van der Waals surface area contributed by atoms with Gasteiger partial charge in [-0.05, 0) is 84.9 Å². The number of rotatable bonds is 17. The third-order valence-electron chi connectivity index (χ3n) is 16.4. The monoisotopic (exact) mass is 1140 g/mol. The zero-order valence-corrected chi connectivity index (χ0v) is 46.8. The van der Waals surface area contributed by atoms with Gasteiger partial charge in [-0.2, -0.15) is 0 Å². The molecule has 5 heterocycles. The molecule has 25 atom stereocenters. The molecular weight excluding hydrogens is 1060 g/mol. The Kier molecular flexibility index (Phi) is 19.6. The number of carbonyl (C=O) groups is 3. The second kappa shape index (κ2) is 25.2. The van der Waals surface area contributed by atoms with Crippen LogP contribution in [0.4, 0.5) is 0 Å². The van der Waals surface area contributed by atoms with Gasteiger partial charge < -0.3 is 108 Å². The summed E-state index contributed by atoms with van der Waals surface area (Å²) in [6.07, 6.45) is -25.7. The van der Waals surface area contributed by atoms with E-state index in [1.807, 2.05) is 0 Å². The lowest BCUT2D eigenvalue weighted by Gasteiger charge is -2.46. The fraction of sp³-hybridized carbons (Fsp3) is 0.764. The largest absolute Gasteiger partial charge is 0.507 e. The number of hydrogen-bond donors (Lipinski definition) is 9. The molecule has 0 spiro atoms. The van der Waals surface area contributed by atoms with Crippen LogP contribution in [-0.4, -0.2) is 225 Å². The first-order chi connectivity index (χ1) is 37.6. The minimum atomic E-state index is -1.95. The highest BCUT2D eigenvalue weighted by Crippen LogP contribution is 2.48. The van der Waals surface area contributed by atoms with E-state index in [0.717, 1.165) is 0 Å². The van der Waals surface area contributed by atoms with E-state index >= 15 is 4.79 Å². The Bertz CT molecular complexity index is 2500. The highest BCUT2D eigenvalue weighted by atomic mass is 16.7. The maximum Gasteiger partial charge on any atom is 0.303 e. The molecule has 2 aromatic rings. The zero-order chi connectivity index (χ0) is 58.6. The van der Waals surface area contributed by atoms with E-state index in [0.29, 0.717) is 0 Å². The number of ketones is 2. The lowest BCUT2D eigenvalue weighted by Crippen LogP contribution is -2.59. The molecule has 2 aromatic carbocycles. The van der Waals surface area contributed by atoms with Gasteiger partial charge in [0.1, 0.15) is 65.6 Å². The standard InChI is InChI=1S/C55H80O25/c1-20-32(76-37-16-33(45(61)22(3)70-37)77-36-15-31(58)51(68-10)25(6)73-36)14-29-12-28-13-30(52(69-11)50(66)44(60)21(2)56)53(49(65)42(28)48(64)41(29)43(20)59)80-39-18-34(46(62)24(5)72-39)78-38-17-35(47(63)23(4)71-38)79-40-19-55(9,67)54(26(7)74-40)75-27(8)57/h12,14,21-26,30-31,33-40,44-47,51-54,56,58-64,67H,13,15-19H2,1-11H3. The summed E-state index contributed by atoms with van der Waals surface area (Å²) in [5.74, 6) is -4.65. The van der Waals surface area contributed by atoms with Crippen LogP contribution in [0, 0.1) is 12.8 Å². The van der Waals surface area contributed by atoms with Gasteiger partial charge in [-0.25, -0.2) is 0 Å². The number of esters is 1. The maximum atomic E-state index is 15.1. The van der Waals surface area contributed by atoms with Crippen LogP contribution in [0.1, 0.15) is 109 Å². The molecular formula is C55H80O25. The number of phenols is 2. The summed E-state index contributed by atoms with van der Waals surface area (Å²) >= 11 is 0. The predicted molar refractivity (Wildman–Crippen MR) is 273 cm³/mol. The molecule has 9 N–H and O–H groups in total. The van der Waals surface area contributed by atoms with Crippen LogP contribution < -0.4 is 4.74 Å². The molecule has 5 saturated heterocycles. The van der Waals surface area contributed by atoms with Crippen LogP contribution in [0.25, 0.3) is 10.8 Å². The quantitative estimate of drug-likeness (QED) is 0.0997. The van der Waals surface area contributed by atoms with Crippen LogP contribution in [-0.2, 0) is 72.9 Å². The summed E-state index contributed by atoms with van der Waals surface area (Å²) in [5, 5.41) is 101. The number of carbonyl (C=O) groups excluding carboxylic acids is 3. The molecule has 450 valence electrons. The molecule has 8 rings (SSSR count). The Balaban J connectivity index is 1.03. The lowest BCUT2D eigenvalue weighted by molar-refractivity contribution is -0.334. The number of ether oxygens (including phenoxy) is 13. The van der Waals surface area contributed by atoms with Crippen molar-refractivity contribution in [2.24, 2.45) is 5.92 Å².